The molecule has 152 valence electrons. The fourth-order valence-corrected chi connectivity index (χ4v) is 4.27. The van der Waals surface area contributed by atoms with Crippen molar-refractivity contribution in [3.8, 4) is 0 Å². The first-order chi connectivity index (χ1) is 13.0. The van der Waals surface area contributed by atoms with Gasteiger partial charge in [0, 0.05) is 44.3 Å². The van der Waals surface area contributed by atoms with Gasteiger partial charge in [-0.25, -0.2) is 0 Å². The molecular formula is C22H37N3O2. The molecule has 1 heterocycles. The number of carbonyl (C=O) groups excluding carboxylic acids is 1. The fourth-order valence-electron chi connectivity index (χ4n) is 4.27. The van der Waals surface area contributed by atoms with Crippen LogP contribution in [0, 0.1) is 5.92 Å². The van der Waals surface area contributed by atoms with Crippen LogP contribution in [0.4, 0.5) is 5.69 Å². The van der Waals surface area contributed by atoms with E-state index < -0.39 is 0 Å². The Morgan fingerprint density at radius 2 is 1.85 bits per heavy atom. The van der Waals surface area contributed by atoms with Crippen molar-refractivity contribution in [1.29, 1.82) is 0 Å². The number of anilines is 1. The molecule has 0 N–H and O–H groups in total. The number of hydrogen-bond acceptors (Lipinski definition) is 5. The van der Waals surface area contributed by atoms with Crippen LogP contribution in [0.15, 0.2) is 24.3 Å². The summed E-state index contributed by atoms with van der Waals surface area (Å²) in [4.78, 5) is 18.8. The minimum atomic E-state index is -0.100. The summed E-state index contributed by atoms with van der Waals surface area (Å²) in [6, 6.07) is 9.54. The Labute approximate surface area is 165 Å². The lowest BCUT2D eigenvalue weighted by Crippen LogP contribution is -2.48. The van der Waals surface area contributed by atoms with Crippen LogP contribution in [0.5, 0.6) is 0 Å². The van der Waals surface area contributed by atoms with E-state index in [0.717, 1.165) is 45.6 Å². The molecule has 1 aromatic carbocycles. The van der Waals surface area contributed by atoms with E-state index in [2.05, 4.69) is 66.9 Å². The number of likely N-dealkylation sites (tertiary alicyclic amines) is 1. The first kappa shape index (κ1) is 21.7. The lowest BCUT2D eigenvalue weighted by Gasteiger charge is -2.41. The molecule has 1 aromatic rings. The Hall–Kier alpha value is -1.59. The molecule has 5 nitrogen and oxygen atoms in total. The monoisotopic (exact) mass is 375 g/mol. The van der Waals surface area contributed by atoms with E-state index in [1.807, 2.05) is 0 Å². The molecule has 1 saturated heterocycles. The van der Waals surface area contributed by atoms with Crippen LogP contribution in [-0.4, -0.2) is 69.2 Å². The standard InChI is InChI=1S/C22H37N3O2/c1-6-25(7-2)20-11-8-18(9-12-20)16-24-15-14-21(23(3)4)19(17-24)10-13-22(26)27-5/h8-9,11-12,19,21H,6-7,10,13-17H2,1-5H3/t19-,21+/m0/s1. The highest BCUT2D eigenvalue weighted by atomic mass is 16.5. The highest BCUT2D eigenvalue weighted by Crippen LogP contribution is 2.26. The van der Waals surface area contributed by atoms with Crippen LogP contribution in [0.25, 0.3) is 0 Å². The topological polar surface area (TPSA) is 36.0 Å². The second-order valence-electron chi connectivity index (χ2n) is 7.77. The second-order valence-corrected chi connectivity index (χ2v) is 7.77. The maximum Gasteiger partial charge on any atom is 0.305 e. The lowest BCUT2D eigenvalue weighted by molar-refractivity contribution is -0.141. The summed E-state index contributed by atoms with van der Waals surface area (Å²) in [5.74, 6) is 0.402. The molecule has 2 rings (SSSR count). The van der Waals surface area contributed by atoms with Crippen molar-refractivity contribution >= 4 is 11.7 Å². The average Bonchev–Trinajstić information content (AvgIpc) is 2.68. The van der Waals surface area contributed by atoms with Gasteiger partial charge in [-0.2, -0.15) is 0 Å². The van der Waals surface area contributed by atoms with Gasteiger partial charge in [0.15, 0.2) is 0 Å². The Morgan fingerprint density at radius 3 is 2.41 bits per heavy atom. The Balaban J connectivity index is 1.97. The molecule has 1 fully saturated rings. The van der Waals surface area contributed by atoms with E-state index in [0.29, 0.717) is 18.4 Å². The number of benzene rings is 1. The number of rotatable bonds is 9. The largest absolute Gasteiger partial charge is 0.469 e. The van der Waals surface area contributed by atoms with E-state index in [1.54, 1.807) is 0 Å². The van der Waals surface area contributed by atoms with Crippen molar-refractivity contribution in [2.75, 3.05) is 52.3 Å². The van der Waals surface area contributed by atoms with Gasteiger partial charge < -0.3 is 14.5 Å². The molecule has 2 atom stereocenters. The molecular weight excluding hydrogens is 338 g/mol. The molecule has 1 aliphatic heterocycles. The van der Waals surface area contributed by atoms with Crippen molar-refractivity contribution in [2.24, 2.45) is 5.92 Å². The number of ether oxygens (including phenoxy) is 1. The third kappa shape index (κ3) is 6.22. The predicted octanol–water partition coefficient (Wildman–Crippen LogP) is 3.24. The summed E-state index contributed by atoms with van der Waals surface area (Å²) >= 11 is 0. The van der Waals surface area contributed by atoms with Gasteiger partial charge in [0.2, 0.25) is 0 Å². The number of nitrogens with zero attached hydrogens (tertiary/aromatic N) is 3. The Bertz CT molecular complexity index is 569. The molecule has 0 bridgehead atoms. The first-order valence-electron chi connectivity index (χ1n) is 10.3. The van der Waals surface area contributed by atoms with Gasteiger partial charge >= 0.3 is 5.97 Å². The number of methoxy groups -OCH3 is 1. The summed E-state index contributed by atoms with van der Waals surface area (Å²) in [5.41, 5.74) is 2.66. The van der Waals surface area contributed by atoms with Gasteiger partial charge in [-0.15, -0.1) is 0 Å². The second kappa shape index (κ2) is 10.7. The van der Waals surface area contributed by atoms with Crippen LogP contribution < -0.4 is 4.90 Å². The maximum absolute atomic E-state index is 11.6. The Morgan fingerprint density at radius 1 is 1.19 bits per heavy atom. The van der Waals surface area contributed by atoms with Crippen molar-refractivity contribution in [1.82, 2.24) is 9.80 Å². The minimum absolute atomic E-state index is 0.100. The summed E-state index contributed by atoms with van der Waals surface area (Å²) in [6.45, 7) is 9.59. The molecule has 27 heavy (non-hydrogen) atoms. The maximum atomic E-state index is 11.6. The number of hydrogen-bond donors (Lipinski definition) is 0. The molecule has 0 aliphatic carbocycles. The molecule has 1 aliphatic rings. The predicted molar refractivity (Wildman–Crippen MR) is 112 cm³/mol. The highest BCUT2D eigenvalue weighted by Gasteiger charge is 2.30. The zero-order valence-electron chi connectivity index (χ0n) is 17.8. The quantitative estimate of drug-likeness (QED) is 0.619. The minimum Gasteiger partial charge on any atom is -0.469 e. The Kier molecular flexibility index (Phi) is 8.58. The van der Waals surface area contributed by atoms with E-state index in [9.17, 15) is 4.79 Å². The number of esters is 1. The van der Waals surface area contributed by atoms with Crippen LogP contribution in [0.2, 0.25) is 0 Å². The van der Waals surface area contributed by atoms with Crippen molar-refractivity contribution in [3.05, 3.63) is 29.8 Å². The first-order valence-corrected chi connectivity index (χ1v) is 10.3. The lowest BCUT2D eigenvalue weighted by atomic mass is 9.87. The third-order valence-corrected chi connectivity index (χ3v) is 5.86. The van der Waals surface area contributed by atoms with Gasteiger partial charge in [-0.3, -0.25) is 9.69 Å². The van der Waals surface area contributed by atoms with Gasteiger partial charge in [-0.05, 0) is 70.9 Å². The van der Waals surface area contributed by atoms with Crippen molar-refractivity contribution in [2.45, 2.75) is 45.7 Å². The third-order valence-electron chi connectivity index (χ3n) is 5.86. The molecule has 0 aromatic heterocycles. The van der Waals surface area contributed by atoms with Gasteiger partial charge in [0.05, 0.1) is 7.11 Å². The molecule has 0 unspecified atom stereocenters. The van der Waals surface area contributed by atoms with Crippen LogP contribution in [0.3, 0.4) is 0 Å². The molecule has 0 spiro atoms. The summed E-state index contributed by atoms with van der Waals surface area (Å²) in [7, 11) is 5.77. The molecule has 5 heteroatoms. The van der Waals surface area contributed by atoms with Gasteiger partial charge in [0.25, 0.3) is 0 Å². The number of carbonyl (C=O) groups is 1. The summed E-state index contributed by atoms with van der Waals surface area (Å²) in [6.07, 6.45) is 2.56. The highest BCUT2D eigenvalue weighted by molar-refractivity contribution is 5.69. The zero-order valence-corrected chi connectivity index (χ0v) is 17.8. The van der Waals surface area contributed by atoms with E-state index in [4.69, 9.17) is 4.74 Å². The van der Waals surface area contributed by atoms with E-state index in [-0.39, 0.29) is 5.97 Å². The van der Waals surface area contributed by atoms with Crippen LogP contribution >= 0.6 is 0 Å². The van der Waals surface area contributed by atoms with Gasteiger partial charge in [0.1, 0.15) is 0 Å². The summed E-state index contributed by atoms with van der Waals surface area (Å²) < 4.78 is 4.84. The fraction of sp³-hybridized carbons (Fsp3) is 0.682. The van der Waals surface area contributed by atoms with Gasteiger partial charge in [-0.1, -0.05) is 12.1 Å². The van der Waals surface area contributed by atoms with Crippen LogP contribution in [0.1, 0.15) is 38.7 Å². The van der Waals surface area contributed by atoms with Crippen LogP contribution in [-0.2, 0) is 16.1 Å². The summed E-state index contributed by atoms with van der Waals surface area (Å²) in [5, 5.41) is 0. The zero-order chi connectivity index (χ0) is 19.8. The normalized spacial score (nSPS) is 20.7. The molecule has 0 radical (unpaired) electrons. The van der Waals surface area contributed by atoms with Crippen molar-refractivity contribution in [3.63, 3.8) is 0 Å². The van der Waals surface area contributed by atoms with Crippen molar-refractivity contribution < 1.29 is 9.53 Å². The molecule has 0 amide bonds. The number of piperidine rings is 1. The smallest absolute Gasteiger partial charge is 0.305 e. The average molecular weight is 376 g/mol. The molecule has 0 saturated carbocycles. The van der Waals surface area contributed by atoms with E-state index >= 15 is 0 Å². The van der Waals surface area contributed by atoms with E-state index in [1.165, 1.54) is 18.4 Å². The SMILES string of the molecule is CCN(CC)c1ccc(CN2CC[C@@H](N(C)C)[C@@H](CCC(=O)OC)C2)cc1.